The van der Waals surface area contributed by atoms with Crippen LogP contribution in [0.1, 0.15) is 16.7 Å². The monoisotopic (exact) mass is 190 g/mol. The lowest BCUT2D eigenvalue weighted by molar-refractivity contribution is 0.399. The fourth-order valence-electron chi connectivity index (χ4n) is 2.07. The van der Waals surface area contributed by atoms with Gasteiger partial charge in [-0.15, -0.1) is 0 Å². The molecule has 2 heteroatoms. The minimum atomic E-state index is 1.04. The summed E-state index contributed by atoms with van der Waals surface area (Å²) in [6, 6.07) is 6.68. The molecule has 1 aliphatic heterocycles. The molecule has 0 aromatic heterocycles. The normalized spacial score (nSPS) is 15.6. The van der Waals surface area contributed by atoms with Crippen molar-refractivity contribution in [3.63, 3.8) is 0 Å². The highest BCUT2D eigenvalue weighted by Crippen LogP contribution is 2.19. The Labute approximate surface area is 85.9 Å². The van der Waals surface area contributed by atoms with Crippen molar-refractivity contribution in [2.45, 2.75) is 19.5 Å². The van der Waals surface area contributed by atoms with Crippen molar-refractivity contribution in [3.8, 4) is 0 Å². The van der Waals surface area contributed by atoms with Gasteiger partial charge in [-0.3, -0.25) is 0 Å². The number of hydrogen-bond donors (Lipinski definition) is 1. The van der Waals surface area contributed by atoms with Gasteiger partial charge in [0.2, 0.25) is 0 Å². The van der Waals surface area contributed by atoms with Gasteiger partial charge in [0.1, 0.15) is 0 Å². The molecule has 0 atom stereocenters. The van der Waals surface area contributed by atoms with Crippen LogP contribution in [0.3, 0.4) is 0 Å². The molecule has 0 amide bonds. The Kier molecular flexibility index (Phi) is 2.85. The summed E-state index contributed by atoms with van der Waals surface area (Å²) in [5.41, 5.74) is 4.52. The molecule has 2 rings (SSSR count). The van der Waals surface area contributed by atoms with Gasteiger partial charge in [0.15, 0.2) is 0 Å². The van der Waals surface area contributed by atoms with Crippen LogP contribution in [0.25, 0.3) is 0 Å². The predicted octanol–water partition coefficient (Wildman–Crippen LogP) is 1.39. The fraction of sp³-hybridized carbons (Fsp3) is 0.500. The fourth-order valence-corrected chi connectivity index (χ4v) is 2.07. The summed E-state index contributed by atoms with van der Waals surface area (Å²) in [6.07, 6.45) is 1.18. The van der Waals surface area contributed by atoms with Crippen LogP contribution in [-0.2, 0) is 19.5 Å². The first-order chi connectivity index (χ1) is 6.77. The van der Waals surface area contributed by atoms with Gasteiger partial charge in [0.25, 0.3) is 0 Å². The van der Waals surface area contributed by atoms with Crippen molar-refractivity contribution >= 4 is 0 Å². The second-order valence-corrected chi connectivity index (χ2v) is 4.22. The van der Waals surface area contributed by atoms with E-state index in [2.05, 4.69) is 42.5 Å². The number of rotatable bonds is 2. The van der Waals surface area contributed by atoms with Crippen LogP contribution >= 0.6 is 0 Å². The van der Waals surface area contributed by atoms with Gasteiger partial charge in [0, 0.05) is 13.1 Å². The molecule has 1 aromatic rings. The zero-order chi connectivity index (χ0) is 9.97. The average molecular weight is 190 g/mol. The summed E-state index contributed by atoms with van der Waals surface area (Å²) < 4.78 is 0. The Bertz CT molecular complexity index is 318. The molecule has 0 bridgehead atoms. The molecule has 0 saturated heterocycles. The van der Waals surface area contributed by atoms with Crippen molar-refractivity contribution < 1.29 is 0 Å². The molecule has 14 heavy (non-hydrogen) atoms. The smallest absolute Gasteiger partial charge is 0.0230 e. The van der Waals surface area contributed by atoms with Gasteiger partial charge in [-0.2, -0.15) is 0 Å². The molecule has 0 unspecified atom stereocenters. The Morgan fingerprint density at radius 2 is 2.21 bits per heavy atom. The van der Waals surface area contributed by atoms with E-state index in [1.54, 1.807) is 0 Å². The maximum Gasteiger partial charge on any atom is 0.0230 e. The van der Waals surface area contributed by atoms with Gasteiger partial charge in [-0.1, -0.05) is 18.2 Å². The minimum Gasteiger partial charge on any atom is -0.312 e. The van der Waals surface area contributed by atoms with Crippen molar-refractivity contribution in [1.29, 1.82) is 0 Å². The third-order valence-electron chi connectivity index (χ3n) is 2.73. The number of benzene rings is 1. The molecule has 1 aromatic carbocycles. The highest BCUT2D eigenvalue weighted by molar-refractivity contribution is 5.36. The minimum absolute atomic E-state index is 1.04. The Balaban J connectivity index is 2.30. The molecule has 0 aliphatic carbocycles. The average Bonchev–Trinajstić information content (AvgIpc) is 2.18. The van der Waals surface area contributed by atoms with Gasteiger partial charge in [-0.05, 0) is 43.8 Å². The standard InChI is InChI=1S/C12H18N2/c1-14(2)9-11-5-3-4-10-6-7-13-8-12(10)11/h3-5,13H,6-9H2,1-2H3. The van der Waals surface area contributed by atoms with E-state index in [-0.39, 0.29) is 0 Å². The number of fused-ring (bicyclic) bond motifs is 1. The topological polar surface area (TPSA) is 15.3 Å². The van der Waals surface area contributed by atoms with Crippen molar-refractivity contribution in [1.82, 2.24) is 10.2 Å². The second-order valence-electron chi connectivity index (χ2n) is 4.22. The third kappa shape index (κ3) is 1.97. The van der Waals surface area contributed by atoms with E-state index in [0.29, 0.717) is 0 Å². The summed E-state index contributed by atoms with van der Waals surface area (Å²) in [4.78, 5) is 2.23. The molecular weight excluding hydrogens is 172 g/mol. The second kappa shape index (κ2) is 4.11. The molecule has 0 radical (unpaired) electrons. The van der Waals surface area contributed by atoms with E-state index in [0.717, 1.165) is 19.6 Å². The lowest BCUT2D eigenvalue weighted by Gasteiger charge is -2.22. The summed E-state index contributed by atoms with van der Waals surface area (Å²) in [5, 5.41) is 3.44. The lowest BCUT2D eigenvalue weighted by atomic mass is 9.96. The highest BCUT2D eigenvalue weighted by Gasteiger charge is 2.12. The number of nitrogens with zero attached hydrogens (tertiary/aromatic N) is 1. The Morgan fingerprint density at radius 3 is 3.00 bits per heavy atom. The maximum atomic E-state index is 3.44. The van der Waals surface area contributed by atoms with E-state index < -0.39 is 0 Å². The van der Waals surface area contributed by atoms with Crippen LogP contribution in [0.5, 0.6) is 0 Å². The maximum absolute atomic E-state index is 3.44. The summed E-state index contributed by atoms with van der Waals surface area (Å²) >= 11 is 0. The number of hydrogen-bond acceptors (Lipinski definition) is 2. The van der Waals surface area contributed by atoms with Crippen LogP contribution in [0.15, 0.2) is 18.2 Å². The van der Waals surface area contributed by atoms with Crippen LogP contribution in [-0.4, -0.2) is 25.5 Å². The largest absolute Gasteiger partial charge is 0.312 e. The summed E-state index contributed by atoms with van der Waals surface area (Å²) in [5.74, 6) is 0. The van der Waals surface area contributed by atoms with E-state index >= 15 is 0 Å². The predicted molar refractivity (Wildman–Crippen MR) is 59.2 cm³/mol. The Morgan fingerprint density at radius 1 is 1.36 bits per heavy atom. The molecular formula is C12H18N2. The van der Waals surface area contributed by atoms with Crippen LogP contribution in [0, 0.1) is 0 Å². The molecule has 0 fully saturated rings. The zero-order valence-corrected chi connectivity index (χ0v) is 9.01. The lowest BCUT2D eigenvalue weighted by Crippen LogP contribution is -2.25. The van der Waals surface area contributed by atoms with E-state index in [9.17, 15) is 0 Å². The molecule has 0 spiro atoms. The van der Waals surface area contributed by atoms with E-state index in [1.807, 2.05) is 0 Å². The molecule has 1 N–H and O–H groups in total. The van der Waals surface area contributed by atoms with E-state index in [1.165, 1.54) is 23.1 Å². The van der Waals surface area contributed by atoms with Gasteiger partial charge in [0.05, 0.1) is 0 Å². The summed E-state index contributed by atoms with van der Waals surface area (Å²) in [7, 11) is 4.24. The van der Waals surface area contributed by atoms with Crippen molar-refractivity contribution in [2.24, 2.45) is 0 Å². The molecule has 2 nitrogen and oxygen atoms in total. The van der Waals surface area contributed by atoms with Crippen molar-refractivity contribution in [3.05, 3.63) is 34.9 Å². The first-order valence-electron chi connectivity index (χ1n) is 5.22. The van der Waals surface area contributed by atoms with Gasteiger partial charge < -0.3 is 10.2 Å². The van der Waals surface area contributed by atoms with E-state index in [4.69, 9.17) is 0 Å². The van der Waals surface area contributed by atoms with Gasteiger partial charge in [-0.25, -0.2) is 0 Å². The third-order valence-corrected chi connectivity index (χ3v) is 2.73. The zero-order valence-electron chi connectivity index (χ0n) is 9.01. The van der Waals surface area contributed by atoms with Crippen molar-refractivity contribution in [2.75, 3.05) is 20.6 Å². The number of nitrogens with one attached hydrogen (secondary N) is 1. The van der Waals surface area contributed by atoms with Gasteiger partial charge >= 0.3 is 0 Å². The Hall–Kier alpha value is -0.860. The van der Waals surface area contributed by atoms with Crippen LogP contribution in [0.2, 0.25) is 0 Å². The first-order valence-corrected chi connectivity index (χ1v) is 5.22. The SMILES string of the molecule is CN(C)Cc1cccc2c1CNCC2. The summed E-state index contributed by atoms with van der Waals surface area (Å²) in [6.45, 7) is 3.21. The molecule has 1 aliphatic rings. The quantitative estimate of drug-likeness (QED) is 0.758. The highest BCUT2D eigenvalue weighted by atomic mass is 15.0. The van der Waals surface area contributed by atoms with Crippen LogP contribution in [0.4, 0.5) is 0 Å². The first kappa shape index (κ1) is 9.69. The molecule has 1 heterocycles. The molecule has 76 valence electrons. The van der Waals surface area contributed by atoms with Crippen LogP contribution < -0.4 is 5.32 Å². The molecule has 0 saturated carbocycles.